The van der Waals surface area contributed by atoms with Gasteiger partial charge in [-0.1, -0.05) is 35.6 Å². The predicted molar refractivity (Wildman–Crippen MR) is 88.0 cm³/mol. The van der Waals surface area contributed by atoms with Crippen LogP contribution in [0.2, 0.25) is 0 Å². The van der Waals surface area contributed by atoms with E-state index in [4.69, 9.17) is 0 Å². The van der Waals surface area contributed by atoms with Crippen LogP contribution in [0, 0.1) is 0 Å². The quantitative estimate of drug-likeness (QED) is 0.661. The molecule has 0 amide bonds. The van der Waals surface area contributed by atoms with Gasteiger partial charge < -0.3 is 4.90 Å². The zero-order chi connectivity index (χ0) is 13.9. The molecule has 2 aromatic carbocycles. The highest BCUT2D eigenvalue weighted by Gasteiger charge is 2.07. The summed E-state index contributed by atoms with van der Waals surface area (Å²) >= 11 is 1.76. The molecular weight excluding hydrogens is 264 g/mol. The van der Waals surface area contributed by atoms with E-state index in [1.807, 2.05) is 0 Å². The van der Waals surface area contributed by atoms with E-state index >= 15 is 0 Å². The van der Waals surface area contributed by atoms with Gasteiger partial charge in [0.2, 0.25) is 11.0 Å². The highest BCUT2D eigenvalue weighted by molar-refractivity contribution is 7.16. The molecule has 0 fully saturated rings. The van der Waals surface area contributed by atoms with E-state index in [0.29, 0.717) is 0 Å². The van der Waals surface area contributed by atoms with E-state index in [9.17, 15) is 0 Å². The molecule has 0 saturated heterocycles. The van der Waals surface area contributed by atoms with Crippen LogP contribution in [-0.4, -0.2) is 14.1 Å². The lowest BCUT2D eigenvalue weighted by molar-refractivity contribution is -0.532. The molecule has 0 spiro atoms. The van der Waals surface area contributed by atoms with Crippen LogP contribution in [0.25, 0.3) is 22.5 Å². The molecule has 2 nitrogen and oxygen atoms in total. The smallest absolute Gasteiger partial charge is 0.231 e. The molecule has 20 heavy (non-hydrogen) atoms. The number of thiazole rings is 1. The fraction of sp³-hybridized carbons (Fsp3) is 0.118. The SMILES string of the molecule is CN(C)c1ccc(C=C[n+]2csc3ccccc32)cc1. The monoisotopic (exact) mass is 281 g/mol. The summed E-state index contributed by atoms with van der Waals surface area (Å²) in [6.45, 7) is 0. The summed E-state index contributed by atoms with van der Waals surface area (Å²) in [5.41, 5.74) is 5.81. The molecule has 0 radical (unpaired) electrons. The number of para-hydroxylation sites is 1. The van der Waals surface area contributed by atoms with Crippen molar-refractivity contribution < 1.29 is 4.57 Å². The lowest BCUT2D eigenvalue weighted by Crippen LogP contribution is -2.22. The minimum Gasteiger partial charge on any atom is -0.378 e. The average molecular weight is 281 g/mol. The van der Waals surface area contributed by atoms with Gasteiger partial charge in [-0.25, -0.2) is 0 Å². The molecule has 3 heteroatoms. The van der Waals surface area contributed by atoms with E-state index in [2.05, 4.69) is 89.9 Å². The number of anilines is 1. The van der Waals surface area contributed by atoms with Crippen molar-refractivity contribution in [1.82, 2.24) is 0 Å². The standard InChI is InChI=1S/C17H17N2S/c1-18(2)15-9-7-14(8-10-15)11-12-19-13-20-17-6-4-3-5-16(17)19/h3-13H,1-2H3/q+1. The van der Waals surface area contributed by atoms with Crippen LogP contribution in [-0.2, 0) is 0 Å². The second-order valence-corrected chi connectivity index (χ2v) is 5.79. The Morgan fingerprint density at radius 2 is 1.75 bits per heavy atom. The highest BCUT2D eigenvalue weighted by atomic mass is 32.1. The zero-order valence-corrected chi connectivity index (χ0v) is 12.5. The third-order valence-electron chi connectivity index (χ3n) is 3.27. The summed E-state index contributed by atoms with van der Waals surface area (Å²) < 4.78 is 3.47. The molecule has 1 heterocycles. The second kappa shape index (κ2) is 5.47. The molecular formula is C17H17N2S+. The van der Waals surface area contributed by atoms with Crippen LogP contribution in [0.1, 0.15) is 5.56 Å². The number of benzene rings is 2. The summed E-state index contributed by atoms with van der Waals surface area (Å²) in [6, 6.07) is 17.0. The average Bonchev–Trinajstić information content (AvgIpc) is 2.89. The van der Waals surface area contributed by atoms with Crippen molar-refractivity contribution in [3.05, 3.63) is 59.6 Å². The molecule has 3 rings (SSSR count). The second-order valence-electron chi connectivity index (χ2n) is 4.90. The Balaban J connectivity index is 1.86. The maximum atomic E-state index is 2.17. The van der Waals surface area contributed by atoms with Crippen LogP contribution in [0.3, 0.4) is 0 Å². The topological polar surface area (TPSA) is 7.12 Å². The lowest BCUT2D eigenvalue weighted by Gasteiger charge is -2.11. The Hall–Kier alpha value is -2.13. The van der Waals surface area contributed by atoms with E-state index in [1.54, 1.807) is 11.3 Å². The molecule has 0 bridgehead atoms. The van der Waals surface area contributed by atoms with Crippen LogP contribution in [0.4, 0.5) is 5.69 Å². The van der Waals surface area contributed by atoms with Crippen molar-refractivity contribution in [2.45, 2.75) is 0 Å². The van der Waals surface area contributed by atoms with Crippen molar-refractivity contribution in [3.63, 3.8) is 0 Å². The van der Waals surface area contributed by atoms with E-state index in [-0.39, 0.29) is 0 Å². The Labute approximate surface area is 123 Å². The molecule has 0 N–H and O–H groups in total. The van der Waals surface area contributed by atoms with Crippen LogP contribution in [0.5, 0.6) is 0 Å². The number of aromatic nitrogens is 1. The minimum atomic E-state index is 1.21. The van der Waals surface area contributed by atoms with Gasteiger partial charge in [-0.3, -0.25) is 0 Å². The Morgan fingerprint density at radius 1 is 1.00 bits per heavy atom. The van der Waals surface area contributed by atoms with Crippen molar-refractivity contribution in [2.75, 3.05) is 19.0 Å². The number of nitrogens with zero attached hydrogens (tertiary/aromatic N) is 2. The molecule has 0 aliphatic heterocycles. The van der Waals surface area contributed by atoms with Crippen molar-refractivity contribution in [1.29, 1.82) is 0 Å². The number of rotatable bonds is 3. The lowest BCUT2D eigenvalue weighted by atomic mass is 10.2. The van der Waals surface area contributed by atoms with E-state index in [0.717, 1.165) is 0 Å². The first-order chi connectivity index (χ1) is 9.74. The summed E-state index contributed by atoms with van der Waals surface area (Å²) in [5.74, 6) is 0. The summed E-state index contributed by atoms with van der Waals surface area (Å²) in [7, 11) is 4.11. The number of hydrogen-bond donors (Lipinski definition) is 0. The van der Waals surface area contributed by atoms with Gasteiger partial charge in [0.05, 0.1) is 0 Å². The summed E-state index contributed by atoms with van der Waals surface area (Å²) in [6.07, 6.45) is 4.25. The van der Waals surface area contributed by atoms with Gasteiger partial charge in [0.25, 0.3) is 0 Å². The predicted octanol–water partition coefficient (Wildman–Crippen LogP) is 3.88. The largest absolute Gasteiger partial charge is 0.378 e. The summed E-state index contributed by atoms with van der Waals surface area (Å²) in [4.78, 5) is 2.11. The van der Waals surface area contributed by atoms with Gasteiger partial charge in [0, 0.05) is 31.9 Å². The van der Waals surface area contributed by atoms with Crippen LogP contribution in [0.15, 0.2) is 54.0 Å². The van der Waals surface area contributed by atoms with Gasteiger partial charge in [-0.05, 0) is 23.8 Å². The molecule has 0 aliphatic rings. The summed E-state index contributed by atoms with van der Waals surface area (Å²) in [5, 5.41) is 0. The Kier molecular flexibility index (Phi) is 3.52. The molecule has 0 aliphatic carbocycles. The zero-order valence-electron chi connectivity index (χ0n) is 11.7. The van der Waals surface area contributed by atoms with Crippen molar-refractivity contribution >= 4 is 39.5 Å². The third kappa shape index (κ3) is 2.58. The molecule has 1 aromatic heterocycles. The van der Waals surface area contributed by atoms with Gasteiger partial charge >= 0.3 is 0 Å². The molecule has 0 saturated carbocycles. The van der Waals surface area contributed by atoms with E-state index in [1.165, 1.54) is 21.5 Å². The van der Waals surface area contributed by atoms with Gasteiger partial charge in [0.1, 0.15) is 4.70 Å². The first kappa shape index (κ1) is 12.9. The molecule has 0 unspecified atom stereocenters. The maximum absolute atomic E-state index is 2.17. The van der Waals surface area contributed by atoms with Gasteiger partial charge in [-0.15, -0.1) is 0 Å². The number of fused-ring (bicyclic) bond motifs is 1. The number of hydrogen-bond acceptors (Lipinski definition) is 2. The van der Waals surface area contributed by atoms with Gasteiger partial charge in [0.15, 0.2) is 6.20 Å². The molecule has 100 valence electrons. The highest BCUT2D eigenvalue weighted by Crippen LogP contribution is 2.16. The Bertz CT molecular complexity index is 739. The normalized spacial score (nSPS) is 11.3. The first-order valence-electron chi connectivity index (χ1n) is 6.57. The molecule has 3 aromatic rings. The Morgan fingerprint density at radius 3 is 2.50 bits per heavy atom. The fourth-order valence-corrected chi connectivity index (χ4v) is 2.97. The maximum Gasteiger partial charge on any atom is 0.231 e. The third-order valence-corrected chi connectivity index (χ3v) is 4.21. The first-order valence-corrected chi connectivity index (χ1v) is 7.45. The molecule has 0 atom stereocenters. The van der Waals surface area contributed by atoms with Crippen molar-refractivity contribution in [2.24, 2.45) is 0 Å². The van der Waals surface area contributed by atoms with Crippen LogP contribution >= 0.6 is 11.3 Å². The van der Waals surface area contributed by atoms with E-state index < -0.39 is 0 Å². The van der Waals surface area contributed by atoms with Crippen LogP contribution < -0.4 is 9.47 Å². The fourth-order valence-electron chi connectivity index (χ4n) is 2.11. The minimum absolute atomic E-state index is 1.21. The van der Waals surface area contributed by atoms with Crippen molar-refractivity contribution in [3.8, 4) is 0 Å². The van der Waals surface area contributed by atoms with Gasteiger partial charge in [-0.2, -0.15) is 4.57 Å².